The molecule has 3 rings (SSSR count). The van der Waals surface area contributed by atoms with E-state index in [1.807, 2.05) is 54.6 Å². The number of anilines is 1. The molecule has 0 spiro atoms. The maximum Gasteiger partial charge on any atom is 0.235 e. The summed E-state index contributed by atoms with van der Waals surface area (Å²) < 4.78 is 0.944. The van der Waals surface area contributed by atoms with Gasteiger partial charge in [-0.2, -0.15) is 0 Å². The molecule has 0 aliphatic carbocycles. The number of carbonyl (C=O) groups excluding carboxylic acids is 2. The molecule has 136 valence electrons. The molecule has 0 saturated heterocycles. The van der Waals surface area contributed by atoms with Gasteiger partial charge in [-0.15, -0.1) is 0 Å². The number of carbonyl (C=O) groups is 2. The molecule has 4 nitrogen and oxygen atoms in total. The lowest BCUT2D eigenvalue weighted by Gasteiger charge is -2.24. The van der Waals surface area contributed by atoms with Crippen LogP contribution in [0.4, 0.5) is 5.69 Å². The van der Waals surface area contributed by atoms with E-state index < -0.39 is 0 Å². The van der Waals surface area contributed by atoms with Gasteiger partial charge in [0, 0.05) is 15.3 Å². The van der Waals surface area contributed by atoms with Crippen molar-refractivity contribution >= 4 is 51.6 Å². The zero-order chi connectivity index (χ0) is 19.2. The minimum Gasteiger partial charge on any atom is -0.307 e. The predicted molar refractivity (Wildman–Crippen MR) is 115 cm³/mol. The van der Waals surface area contributed by atoms with Crippen LogP contribution in [0.5, 0.6) is 0 Å². The molecule has 3 aromatic rings. The second-order valence-electron chi connectivity index (χ2n) is 5.89. The lowest BCUT2D eigenvalue weighted by atomic mass is 10.1. The van der Waals surface area contributed by atoms with E-state index >= 15 is 0 Å². The van der Waals surface area contributed by atoms with Crippen molar-refractivity contribution in [3.05, 3.63) is 92.8 Å². The standard InChI is InChI=1S/C21H16ClIN2O2/c22-20-11-10-16(13-24-20)19(26)12-21(27)25(14-15-6-2-1-3-7-15)18-9-5-4-8-17(18)23/h1-11,13H,12,14H2. The van der Waals surface area contributed by atoms with Crippen LogP contribution < -0.4 is 4.90 Å². The van der Waals surface area contributed by atoms with E-state index in [-0.39, 0.29) is 18.1 Å². The second-order valence-corrected chi connectivity index (χ2v) is 7.44. The zero-order valence-corrected chi connectivity index (χ0v) is 17.2. The summed E-state index contributed by atoms with van der Waals surface area (Å²) in [6.45, 7) is 0.395. The Balaban J connectivity index is 1.85. The van der Waals surface area contributed by atoms with E-state index in [1.54, 1.807) is 17.0 Å². The van der Waals surface area contributed by atoms with Crippen LogP contribution in [-0.2, 0) is 11.3 Å². The highest BCUT2D eigenvalue weighted by atomic mass is 127. The third-order valence-electron chi connectivity index (χ3n) is 3.99. The molecule has 0 aliphatic heterocycles. The molecule has 0 N–H and O–H groups in total. The van der Waals surface area contributed by atoms with Crippen molar-refractivity contribution in [1.29, 1.82) is 0 Å². The smallest absolute Gasteiger partial charge is 0.235 e. The molecule has 27 heavy (non-hydrogen) atoms. The van der Waals surface area contributed by atoms with Crippen LogP contribution in [-0.4, -0.2) is 16.7 Å². The van der Waals surface area contributed by atoms with Crippen molar-refractivity contribution in [2.75, 3.05) is 4.90 Å². The van der Waals surface area contributed by atoms with E-state index in [1.165, 1.54) is 6.20 Å². The van der Waals surface area contributed by atoms with Gasteiger partial charge in [0.05, 0.1) is 18.7 Å². The third kappa shape index (κ3) is 5.14. The number of benzene rings is 2. The number of Topliss-reactive ketones (excluding diaryl/α,β-unsaturated/α-hetero) is 1. The summed E-state index contributed by atoms with van der Waals surface area (Å²) >= 11 is 7.96. The molecule has 0 unspecified atom stereocenters. The number of rotatable bonds is 6. The molecule has 0 aliphatic rings. The normalized spacial score (nSPS) is 10.4. The molecule has 1 amide bonds. The van der Waals surface area contributed by atoms with Crippen molar-refractivity contribution in [2.45, 2.75) is 13.0 Å². The van der Waals surface area contributed by atoms with Gasteiger partial charge in [0.1, 0.15) is 5.15 Å². The molecule has 0 atom stereocenters. The molecule has 0 radical (unpaired) electrons. The first kappa shape index (κ1) is 19.5. The molecule has 6 heteroatoms. The lowest BCUT2D eigenvalue weighted by Crippen LogP contribution is -2.32. The summed E-state index contributed by atoms with van der Waals surface area (Å²) in [5.41, 5.74) is 2.15. The number of para-hydroxylation sites is 1. The van der Waals surface area contributed by atoms with E-state index in [2.05, 4.69) is 27.6 Å². The molecular weight excluding hydrogens is 475 g/mol. The van der Waals surface area contributed by atoms with Gasteiger partial charge in [-0.1, -0.05) is 54.1 Å². The van der Waals surface area contributed by atoms with Crippen LogP contribution in [0.1, 0.15) is 22.3 Å². The minimum absolute atomic E-state index is 0.235. The van der Waals surface area contributed by atoms with Crippen LogP contribution in [0, 0.1) is 3.57 Å². The number of aromatic nitrogens is 1. The van der Waals surface area contributed by atoms with Crippen molar-refractivity contribution in [3.8, 4) is 0 Å². The van der Waals surface area contributed by atoms with Crippen LogP contribution >= 0.6 is 34.2 Å². The van der Waals surface area contributed by atoms with Gasteiger partial charge in [-0.3, -0.25) is 9.59 Å². The first-order valence-electron chi connectivity index (χ1n) is 8.28. The second kappa shape index (κ2) is 9.10. The molecular formula is C21H16ClIN2O2. The van der Waals surface area contributed by atoms with Gasteiger partial charge in [-0.25, -0.2) is 4.98 Å². The monoisotopic (exact) mass is 490 g/mol. The summed E-state index contributed by atoms with van der Waals surface area (Å²) in [6.07, 6.45) is 1.16. The Morgan fingerprint density at radius 3 is 2.33 bits per heavy atom. The van der Waals surface area contributed by atoms with Crippen molar-refractivity contribution in [2.24, 2.45) is 0 Å². The van der Waals surface area contributed by atoms with E-state index in [0.717, 1.165) is 14.8 Å². The Hall–Kier alpha value is -2.25. The van der Waals surface area contributed by atoms with Crippen LogP contribution in [0.15, 0.2) is 72.9 Å². The first-order valence-corrected chi connectivity index (χ1v) is 9.74. The maximum atomic E-state index is 13.0. The van der Waals surface area contributed by atoms with Gasteiger partial charge >= 0.3 is 0 Å². The fraction of sp³-hybridized carbons (Fsp3) is 0.0952. The van der Waals surface area contributed by atoms with Crippen LogP contribution in [0.2, 0.25) is 5.15 Å². The van der Waals surface area contributed by atoms with Gasteiger partial charge in [-0.05, 0) is 52.4 Å². The Kier molecular flexibility index (Phi) is 6.58. The summed E-state index contributed by atoms with van der Waals surface area (Å²) in [7, 11) is 0. The number of ketones is 1. The average molecular weight is 491 g/mol. The highest BCUT2D eigenvalue weighted by Gasteiger charge is 2.22. The van der Waals surface area contributed by atoms with Crippen LogP contribution in [0.3, 0.4) is 0 Å². The Morgan fingerprint density at radius 1 is 0.963 bits per heavy atom. The van der Waals surface area contributed by atoms with Gasteiger partial charge in [0.25, 0.3) is 0 Å². The number of hydrogen-bond donors (Lipinski definition) is 0. The molecule has 1 aromatic heterocycles. The Morgan fingerprint density at radius 2 is 1.67 bits per heavy atom. The summed E-state index contributed by atoms with van der Waals surface area (Å²) in [5, 5.41) is 0.308. The number of amides is 1. The highest BCUT2D eigenvalue weighted by Crippen LogP contribution is 2.25. The van der Waals surface area contributed by atoms with E-state index in [9.17, 15) is 9.59 Å². The van der Waals surface area contributed by atoms with Crippen molar-refractivity contribution in [3.63, 3.8) is 0 Å². The quantitative estimate of drug-likeness (QED) is 0.208. The SMILES string of the molecule is O=C(CC(=O)N(Cc1ccccc1)c1ccccc1I)c1ccc(Cl)nc1. The summed E-state index contributed by atoms with van der Waals surface area (Å²) in [6, 6.07) is 20.5. The lowest BCUT2D eigenvalue weighted by molar-refractivity contribution is -0.117. The van der Waals surface area contributed by atoms with Gasteiger partial charge < -0.3 is 4.90 Å². The topological polar surface area (TPSA) is 50.3 Å². The zero-order valence-electron chi connectivity index (χ0n) is 14.3. The average Bonchev–Trinajstić information content (AvgIpc) is 2.68. The number of pyridine rings is 1. The highest BCUT2D eigenvalue weighted by molar-refractivity contribution is 14.1. The summed E-state index contributed by atoms with van der Waals surface area (Å²) in [5.74, 6) is -0.545. The maximum absolute atomic E-state index is 13.0. The number of halogens is 2. The van der Waals surface area contributed by atoms with Crippen molar-refractivity contribution in [1.82, 2.24) is 4.98 Å². The number of hydrogen-bond acceptors (Lipinski definition) is 3. The van der Waals surface area contributed by atoms with Crippen LogP contribution in [0.25, 0.3) is 0 Å². The first-order chi connectivity index (χ1) is 13.0. The van der Waals surface area contributed by atoms with Crippen molar-refractivity contribution < 1.29 is 9.59 Å². The Bertz CT molecular complexity index is 946. The van der Waals surface area contributed by atoms with Gasteiger partial charge in [0.2, 0.25) is 5.91 Å². The predicted octanol–water partition coefficient (Wildman–Crippen LogP) is 5.15. The van der Waals surface area contributed by atoms with E-state index in [4.69, 9.17) is 11.6 Å². The minimum atomic E-state index is -0.284. The third-order valence-corrected chi connectivity index (χ3v) is 5.12. The largest absolute Gasteiger partial charge is 0.307 e. The molecule has 0 bridgehead atoms. The van der Waals surface area contributed by atoms with Gasteiger partial charge in [0.15, 0.2) is 5.78 Å². The molecule has 0 saturated carbocycles. The molecule has 2 aromatic carbocycles. The summed E-state index contributed by atoms with van der Waals surface area (Å²) in [4.78, 5) is 31.1. The Labute approximate surface area is 176 Å². The number of nitrogens with zero attached hydrogens (tertiary/aromatic N) is 2. The molecule has 1 heterocycles. The fourth-order valence-corrected chi connectivity index (χ4v) is 3.41. The fourth-order valence-electron chi connectivity index (χ4n) is 2.62. The molecule has 0 fully saturated rings. The van der Waals surface area contributed by atoms with E-state index in [0.29, 0.717) is 17.3 Å².